The van der Waals surface area contributed by atoms with Gasteiger partial charge in [-0.25, -0.2) is 48.2 Å². The number of esters is 2. The lowest BCUT2D eigenvalue weighted by atomic mass is 10.1. The fourth-order valence-electron chi connectivity index (χ4n) is 5.37. The molecule has 0 saturated carbocycles. The molecule has 0 heterocycles. The minimum Gasteiger partial charge on any atom is -0.459 e. The van der Waals surface area contributed by atoms with Gasteiger partial charge in [0.2, 0.25) is 0 Å². The first kappa shape index (κ1) is 60.0. The van der Waals surface area contributed by atoms with E-state index < -0.39 is 42.3 Å². The maximum absolute atomic E-state index is 13.1. The van der Waals surface area contributed by atoms with Gasteiger partial charge in [0, 0.05) is 51.3 Å². The van der Waals surface area contributed by atoms with E-state index in [-0.39, 0.29) is 52.0 Å². The third kappa shape index (κ3) is 33.5. The molecule has 0 aliphatic rings. The SMILES string of the molecule is C=CC(=O)OCCOC(=O)N(CCCCCCCNC(=O)N(CCCCCCNC(=O)O/N=C(\C)CC)C(=O)OCCOC(=O)C=C)C(=O)NCCCCCCCCC(=O)O/N=C(\C)CC. The Morgan fingerprint density at radius 1 is 0.485 bits per heavy atom. The molecule has 0 spiro atoms. The van der Waals surface area contributed by atoms with Gasteiger partial charge in [0.25, 0.3) is 0 Å². The molecule has 21 nitrogen and oxygen atoms in total. The van der Waals surface area contributed by atoms with Crippen molar-refractivity contribution in [3.8, 4) is 0 Å². The first-order valence-corrected chi connectivity index (χ1v) is 23.0. The van der Waals surface area contributed by atoms with Gasteiger partial charge in [-0.1, -0.05) is 95.1 Å². The molecule has 0 aromatic carbocycles. The second-order valence-electron chi connectivity index (χ2n) is 14.9. The third-order valence-corrected chi connectivity index (χ3v) is 9.48. The van der Waals surface area contributed by atoms with Crippen LogP contribution in [-0.4, -0.2) is 129 Å². The second-order valence-corrected chi connectivity index (χ2v) is 14.9. The monoisotopic (exact) mass is 938 g/mol. The van der Waals surface area contributed by atoms with Crippen LogP contribution in [0.15, 0.2) is 35.6 Å². The predicted molar refractivity (Wildman–Crippen MR) is 246 cm³/mol. The highest BCUT2D eigenvalue weighted by atomic mass is 16.7. The van der Waals surface area contributed by atoms with Gasteiger partial charge in [-0.3, -0.25) is 4.84 Å². The lowest BCUT2D eigenvalue weighted by molar-refractivity contribution is -0.144. The zero-order valence-corrected chi connectivity index (χ0v) is 39.7. The molecule has 0 bridgehead atoms. The summed E-state index contributed by atoms with van der Waals surface area (Å²) in [5.41, 5.74) is 1.45. The number of nitrogens with one attached hydrogen (secondary N) is 3. The predicted octanol–water partition coefficient (Wildman–Crippen LogP) is 7.82. The maximum atomic E-state index is 13.1. The van der Waals surface area contributed by atoms with Crippen LogP contribution in [0.25, 0.3) is 0 Å². The number of oxime groups is 2. The molecular formula is C45H75N7O14. The molecule has 0 saturated heterocycles. The molecule has 374 valence electrons. The smallest absolute Gasteiger partial charge is 0.433 e. The van der Waals surface area contributed by atoms with Crippen LogP contribution in [0.5, 0.6) is 0 Å². The quantitative estimate of drug-likeness (QED) is 0.0103. The molecule has 66 heavy (non-hydrogen) atoms. The summed E-state index contributed by atoms with van der Waals surface area (Å²) in [7, 11) is 0. The van der Waals surface area contributed by atoms with Crippen molar-refractivity contribution < 1.29 is 67.0 Å². The molecular weight excluding hydrogens is 863 g/mol. The Bertz CT molecular complexity index is 1560. The van der Waals surface area contributed by atoms with E-state index in [1.54, 1.807) is 13.8 Å². The maximum Gasteiger partial charge on any atom is 0.433 e. The summed E-state index contributed by atoms with van der Waals surface area (Å²) in [4.78, 5) is 110. The van der Waals surface area contributed by atoms with Crippen LogP contribution in [0, 0.1) is 0 Å². The Kier molecular flexibility index (Phi) is 36.8. The van der Waals surface area contributed by atoms with Gasteiger partial charge in [0.1, 0.15) is 26.4 Å². The highest BCUT2D eigenvalue weighted by molar-refractivity contribution is 5.91. The van der Waals surface area contributed by atoms with Crippen LogP contribution >= 0.6 is 0 Å². The fraction of sp³-hybridized carbons (Fsp3) is 0.689. The normalized spacial score (nSPS) is 11.0. The molecule has 0 aromatic heterocycles. The van der Waals surface area contributed by atoms with Crippen molar-refractivity contribution in [3.63, 3.8) is 0 Å². The number of unbranched alkanes of at least 4 members (excludes halogenated alkanes) is 12. The van der Waals surface area contributed by atoms with Crippen LogP contribution in [0.1, 0.15) is 143 Å². The number of rotatable bonds is 36. The summed E-state index contributed by atoms with van der Waals surface area (Å²) in [5.74, 6) is -1.69. The van der Waals surface area contributed by atoms with Crippen molar-refractivity contribution in [2.75, 3.05) is 59.2 Å². The fourth-order valence-corrected chi connectivity index (χ4v) is 5.37. The number of ether oxygens (including phenoxy) is 4. The molecule has 0 fully saturated rings. The number of carbonyl (C=O) groups excluding carboxylic acids is 8. The number of hydrogen-bond donors (Lipinski definition) is 3. The van der Waals surface area contributed by atoms with Gasteiger partial charge in [0.15, 0.2) is 0 Å². The van der Waals surface area contributed by atoms with E-state index in [2.05, 4.69) is 39.4 Å². The molecule has 21 heteroatoms. The second kappa shape index (κ2) is 40.5. The highest BCUT2D eigenvalue weighted by Crippen LogP contribution is 2.10. The Labute approximate surface area is 389 Å². The number of amides is 7. The first-order valence-electron chi connectivity index (χ1n) is 23.0. The molecule has 0 aliphatic carbocycles. The van der Waals surface area contributed by atoms with Crippen molar-refractivity contribution in [2.24, 2.45) is 10.3 Å². The molecule has 0 radical (unpaired) electrons. The molecule has 0 atom stereocenters. The van der Waals surface area contributed by atoms with Crippen molar-refractivity contribution in [1.82, 2.24) is 25.8 Å². The Hall–Kier alpha value is -6.02. The van der Waals surface area contributed by atoms with Gasteiger partial charge >= 0.3 is 48.2 Å². The van der Waals surface area contributed by atoms with Crippen LogP contribution in [-0.2, 0) is 43.0 Å². The topological polar surface area (TPSA) is 259 Å². The van der Waals surface area contributed by atoms with E-state index in [1.807, 2.05) is 13.8 Å². The zero-order chi connectivity index (χ0) is 49.2. The number of hydrogen-bond acceptors (Lipinski definition) is 16. The van der Waals surface area contributed by atoms with Crippen LogP contribution in [0.2, 0.25) is 0 Å². The van der Waals surface area contributed by atoms with Gasteiger partial charge < -0.3 is 39.7 Å². The average Bonchev–Trinajstić information content (AvgIpc) is 3.31. The number of urea groups is 2. The van der Waals surface area contributed by atoms with Gasteiger partial charge in [0.05, 0.1) is 11.4 Å². The van der Waals surface area contributed by atoms with Crippen LogP contribution in [0.4, 0.5) is 24.0 Å². The summed E-state index contributed by atoms with van der Waals surface area (Å²) >= 11 is 0. The lowest BCUT2D eigenvalue weighted by Crippen LogP contribution is -2.45. The Morgan fingerprint density at radius 3 is 1.27 bits per heavy atom. The van der Waals surface area contributed by atoms with Gasteiger partial charge in [-0.05, 0) is 65.2 Å². The van der Waals surface area contributed by atoms with E-state index >= 15 is 0 Å². The lowest BCUT2D eigenvalue weighted by Gasteiger charge is -2.21. The zero-order valence-electron chi connectivity index (χ0n) is 39.7. The molecule has 3 N–H and O–H groups in total. The summed E-state index contributed by atoms with van der Waals surface area (Å²) in [6, 6.07) is -1.24. The third-order valence-electron chi connectivity index (χ3n) is 9.48. The molecule has 0 aliphatic heterocycles. The summed E-state index contributed by atoms with van der Waals surface area (Å²) in [6.45, 7) is 14.2. The van der Waals surface area contributed by atoms with Crippen molar-refractivity contribution >= 4 is 59.7 Å². The van der Waals surface area contributed by atoms with Crippen molar-refractivity contribution in [3.05, 3.63) is 25.3 Å². The van der Waals surface area contributed by atoms with Gasteiger partial charge in [-0.15, -0.1) is 0 Å². The summed E-state index contributed by atoms with van der Waals surface area (Å²) < 4.78 is 20.0. The van der Waals surface area contributed by atoms with Crippen molar-refractivity contribution in [2.45, 2.75) is 143 Å². The summed E-state index contributed by atoms with van der Waals surface area (Å²) in [6.07, 6.45) is 11.8. The van der Waals surface area contributed by atoms with Crippen molar-refractivity contribution in [1.29, 1.82) is 0 Å². The van der Waals surface area contributed by atoms with E-state index in [9.17, 15) is 38.4 Å². The van der Waals surface area contributed by atoms with Crippen LogP contribution in [0.3, 0.4) is 0 Å². The Balaban J connectivity index is 4.85. The van der Waals surface area contributed by atoms with Crippen LogP contribution < -0.4 is 16.0 Å². The van der Waals surface area contributed by atoms with Gasteiger partial charge in [-0.2, -0.15) is 0 Å². The largest absolute Gasteiger partial charge is 0.459 e. The molecule has 0 unspecified atom stereocenters. The average molecular weight is 938 g/mol. The van der Waals surface area contributed by atoms with E-state index in [4.69, 9.17) is 28.6 Å². The van der Waals surface area contributed by atoms with E-state index in [0.717, 1.165) is 59.8 Å². The molecule has 0 aromatic rings. The molecule has 0 rings (SSSR count). The standard InChI is InChI=1S/C45H75N7O14/c1-7-36(5)49-65-40(55)26-20-14-11-12-15-21-27-46-41(56)51(44(59)63-34-32-61-38(53)9-3)30-24-18-13-16-22-28-47-42(57)52(45(60)64-35-33-62-39(54)10-4)31-25-19-17-23-29-48-43(58)66-50-37(6)8-2/h9-10H,3-4,7-8,11-35H2,1-2,5-6H3,(H,46,56)(H,47,57)(H,48,58)/b49-36+,50-37+. The van der Waals surface area contributed by atoms with E-state index in [0.29, 0.717) is 102 Å². The highest BCUT2D eigenvalue weighted by Gasteiger charge is 2.24. The first-order chi connectivity index (χ1) is 31.8. The number of imide groups is 2. The summed E-state index contributed by atoms with van der Waals surface area (Å²) in [5, 5.41) is 15.6. The molecule has 7 amide bonds. The minimum atomic E-state index is -0.893. The van der Waals surface area contributed by atoms with E-state index in [1.165, 1.54) is 0 Å². The number of nitrogens with zero attached hydrogens (tertiary/aromatic N) is 4. The number of carbonyl (C=O) groups is 8. The minimum absolute atomic E-state index is 0.0701. The Morgan fingerprint density at radius 2 is 0.848 bits per heavy atom.